The minimum absolute atomic E-state index is 0.0900. The number of hydrogen-bond donors (Lipinski definition) is 2. The van der Waals surface area contributed by atoms with Gasteiger partial charge in [-0.15, -0.1) is 0 Å². The second-order valence-corrected chi connectivity index (χ2v) is 7.40. The molecule has 0 spiro atoms. The highest BCUT2D eigenvalue weighted by atomic mass is 16.2. The summed E-state index contributed by atoms with van der Waals surface area (Å²) in [7, 11) is 0. The van der Waals surface area contributed by atoms with Crippen molar-refractivity contribution < 1.29 is 9.59 Å². The lowest BCUT2D eigenvalue weighted by atomic mass is 10.1. The van der Waals surface area contributed by atoms with Gasteiger partial charge in [-0.1, -0.05) is 49.8 Å². The molecule has 1 aliphatic carbocycles. The molecule has 0 bridgehead atoms. The molecule has 1 aliphatic rings. The van der Waals surface area contributed by atoms with Crippen molar-refractivity contribution >= 4 is 22.7 Å². The first-order valence-corrected chi connectivity index (χ1v) is 8.41. The average molecular weight is 337 g/mol. The summed E-state index contributed by atoms with van der Waals surface area (Å²) < 4.78 is 0. The van der Waals surface area contributed by atoms with Crippen LogP contribution in [0.3, 0.4) is 0 Å². The smallest absolute Gasteiger partial charge is 0.273 e. The van der Waals surface area contributed by atoms with Crippen molar-refractivity contribution in [2.75, 3.05) is 0 Å². The van der Waals surface area contributed by atoms with E-state index in [1.165, 1.54) is 5.57 Å². The molecule has 0 radical (unpaired) electrons. The number of rotatable bonds is 3. The van der Waals surface area contributed by atoms with Crippen molar-refractivity contribution in [3.63, 3.8) is 0 Å². The molecule has 2 atom stereocenters. The molecule has 1 aromatic carbocycles. The van der Waals surface area contributed by atoms with Crippen LogP contribution in [-0.4, -0.2) is 16.8 Å². The van der Waals surface area contributed by atoms with Gasteiger partial charge in [-0.25, -0.2) is 4.98 Å². The third-order valence-corrected chi connectivity index (χ3v) is 4.84. The highest BCUT2D eigenvalue weighted by Crippen LogP contribution is 2.59. The second-order valence-electron chi connectivity index (χ2n) is 7.40. The first kappa shape index (κ1) is 17.1. The van der Waals surface area contributed by atoms with Gasteiger partial charge in [0.15, 0.2) is 0 Å². The maximum Gasteiger partial charge on any atom is 0.288 e. The van der Waals surface area contributed by atoms with Crippen molar-refractivity contribution in [3.8, 4) is 0 Å². The molecule has 5 nitrogen and oxygen atoms in total. The number of amides is 2. The fraction of sp³-hybridized carbons (Fsp3) is 0.350. The van der Waals surface area contributed by atoms with E-state index in [2.05, 4.69) is 35.8 Å². The van der Waals surface area contributed by atoms with Crippen LogP contribution < -0.4 is 10.9 Å². The number of nitrogens with zero attached hydrogens (tertiary/aromatic N) is 1. The fourth-order valence-electron chi connectivity index (χ4n) is 3.30. The average Bonchev–Trinajstić information content (AvgIpc) is 3.11. The van der Waals surface area contributed by atoms with Crippen molar-refractivity contribution in [3.05, 3.63) is 53.7 Å². The zero-order valence-corrected chi connectivity index (χ0v) is 15.0. The topological polar surface area (TPSA) is 71.1 Å². The number of carbonyl (C=O) groups is 2. The molecular formula is C20H23N3O2. The molecule has 25 heavy (non-hydrogen) atoms. The lowest BCUT2D eigenvalue weighted by Crippen LogP contribution is -2.43. The van der Waals surface area contributed by atoms with Crippen molar-refractivity contribution in [1.82, 2.24) is 15.8 Å². The summed E-state index contributed by atoms with van der Waals surface area (Å²) in [4.78, 5) is 29.0. The van der Waals surface area contributed by atoms with Crippen molar-refractivity contribution in [2.45, 2.75) is 27.7 Å². The predicted octanol–water partition coefficient (Wildman–Crippen LogP) is 3.23. The standard InChI is InChI=1S/C20H23N3O2/c1-12(2)11-14-17(20(14,3)4)19(25)23-22-18(24)16-10-9-13-7-5-6-8-15(13)21-16/h5-11,14,17H,1-4H3,(H,22,24)(H,23,25)/t14-,17-/m0/s1. The molecule has 2 N–H and O–H groups in total. The number of para-hydroxylation sites is 1. The Kier molecular flexibility index (Phi) is 4.33. The molecule has 1 heterocycles. The minimum atomic E-state index is -0.420. The Morgan fingerprint density at radius 2 is 1.80 bits per heavy atom. The summed E-state index contributed by atoms with van der Waals surface area (Å²) in [5.41, 5.74) is 7.14. The van der Waals surface area contributed by atoms with Crippen LogP contribution in [0.4, 0.5) is 0 Å². The lowest BCUT2D eigenvalue weighted by molar-refractivity contribution is -0.123. The van der Waals surface area contributed by atoms with Crippen molar-refractivity contribution in [1.29, 1.82) is 0 Å². The number of benzene rings is 1. The van der Waals surface area contributed by atoms with E-state index < -0.39 is 5.91 Å². The van der Waals surface area contributed by atoms with Gasteiger partial charge < -0.3 is 0 Å². The van der Waals surface area contributed by atoms with Gasteiger partial charge in [-0.05, 0) is 37.3 Å². The van der Waals surface area contributed by atoms with Crippen molar-refractivity contribution in [2.24, 2.45) is 17.3 Å². The highest BCUT2D eigenvalue weighted by molar-refractivity contribution is 5.96. The largest absolute Gasteiger partial charge is 0.288 e. The Morgan fingerprint density at radius 3 is 2.52 bits per heavy atom. The number of allylic oxidation sites excluding steroid dienone is 2. The third-order valence-electron chi connectivity index (χ3n) is 4.84. The number of nitrogens with one attached hydrogen (secondary N) is 2. The Balaban J connectivity index is 1.64. The fourth-order valence-corrected chi connectivity index (χ4v) is 3.30. The SMILES string of the molecule is CC(C)=C[C@H]1[C@@H](C(=O)NNC(=O)c2ccc3ccccc3n2)C1(C)C. The minimum Gasteiger partial charge on any atom is -0.273 e. The first-order chi connectivity index (χ1) is 11.8. The van der Waals surface area contributed by atoms with Crippen LogP contribution in [0.1, 0.15) is 38.2 Å². The molecule has 3 rings (SSSR count). The van der Waals surface area contributed by atoms with E-state index in [1.807, 2.05) is 44.2 Å². The van der Waals surface area contributed by atoms with E-state index >= 15 is 0 Å². The number of hydrogen-bond acceptors (Lipinski definition) is 3. The van der Waals surface area contributed by atoms with Crippen LogP contribution >= 0.6 is 0 Å². The number of pyridine rings is 1. The Hall–Kier alpha value is -2.69. The van der Waals surface area contributed by atoms with Gasteiger partial charge in [0.2, 0.25) is 5.91 Å². The predicted molar refractivity (Wildman–Crippen MR) is 97.5 cm³/mol. The van der Waals surface area contributed by atoms with Gasteiger partial charge >= 0.3 is 0 Å². The van der Waals surface area contributed by atoms with Crippen LogP contribution in [0.5, 0.6) is 0 Å². The normalized spacial score (nSPS) is 20.6. The van der Waals surface area contributed by atoms with Crippen LogP contribution in [0.2, 0.25) is 0 Å². The van der Waals surface area contributed by atoms with E-state index in [0.717, 1.165) is 10.9 Å². The monoisotopic (exact) mass is 337 g/mol. The number of hydrazine groups is 1. The maximum absolute atomic E-state index is 12.4. The quantitative estimate of drug-likeness (QED) is 0.667. The van der Waals surface area contributed by atoms with Crippen LogP contribution in [0.15, 0.2) is 48.0 Å². The zero-order chi connectivity index (χ0) is 18.2. The van der Waals surface area contributed by atoms with Gasteiger partial charge in [0.05, 0.1) is 11.4 Å². The van der Waals surface area contributed by atoms with E-state index in [1.54, 1.807) is 6.07 Å². The molecular weight excluding hydrogens is 314 g/mol. The summed E-state index contributed by atoms with van der Waals surface area (Å²) >= 11 is 0. The molecule has 2 aromatic rings. The molecule has 5 heteroatoms. The highest BCUT2D eigenvalue weighted by Gasteiger charge is 2.60. The van der Waals surface area contributed by atoms with E-state index in [-0.39, 0.29) is 28.9 Å². The summed E-state index contributed by atoms with van der Waals surface area (Å²) in [6.07, 6.45) is 2.12. The molecule has 130 valence electrons. The second kappa shape index (κ2) is 6.31. The Morgan fingerprint density at radius 1 is 1.08 bits per heavy atom. The number of carbonyl (C=O) groups excluding carboxylic acids is 2. The molecule has 1 fully saturated rings. The van der Waals surface area contributed by atoms with Crippen LogP contribution in [0.25, 0.3) is 10.9 Å². The van der Waals surface area contributed by atoms with Gasteiger partial charge in [0.1, 0.15) is 5.69 Å². The molecule has 2 amide bonds. The zero-order valence-electron chi connectivity index (χ0n) is 15.0. The van der Waals surface area contributed by atoms with Gasteiger partial charge in [0.25, 0.3) is 5.91 Å². The van der Waals surface area contributed by atoms with Gasteiger partial charge in [0, 0.05) is 5.39 Å². The van der Waals surface area contributed by atoms with E-state index in [0.29, 0.717) is 0 Å². The number of fused-ring (bicyclic) bond motifs is 1. The number of aromatic nitrogens is 1. The van der Waals surface area contributed by atoms with Crippen LogP contribution in [-0.2, 0) is 4.79 Å². The molecule has 0 saturated heterocycles. The molecule has 1 saturated carbocycles. The van der Waals surface area contributed by atoms with Gasteiger partial charge in [-0.3, -0.25) is 20.4 Å². The summed E-state index contributed by atoms with van der Waals surface area (Å²) in [6.45, 7) is 8.18. The lowest BCUT2D eigenvalue weighted by Gasteiger charge is -2.08. The van der Waals surface area contributed by atoms with Crippen LogP contribution in [0, 0.1) is 17.3 Å². The van der Waals surface area contributed by atoms with Gasteiger partial charge in [-0.2, -0.15) is 0 Å². The Labute approximate surface area is 147 Å². The Bertz CT molecular complexity index is 866. The molecule has 0 unspecified atom stereocenters. The molecule has 0 aliphatic heterocycles. The summed E-state index contributed by atoms with van der Waals surface area (Å²) in [5, 5.41) is 0.965. The first-order valence-electron chi connectivity index (χ1n) is 8.41. The third kappa shape index (κ3) is 3.40. The van der Waals surface area contributed by atoms with E-state index in [9.17, 15) is 9.59 Å². The molecule has 1 aromatic heterocycles. The van der Waals surface area contributed by atoms with E-state index in [4.69, 9.17) is 0 Å². The summed E-state index contributed by atoms with van der Waals surface area (Å²) in [5.74, 6) is -0.515. The maximum atomic E-state index is 12.4. The summed E-state index contributed by atoms with van der Waals surface area (Å²) in [6, 6.07) is 11.1.